The first-order valence-electron chi connectivity index (χ1n) is 12.1. The van der Waals surface area contributed by atoms with Gasteiger partial charge in [-0.3, -0.25) is 9.88 Å². The fourth-order valence-corrected chi connectivity index (χ4v) is 4.95. The number of rotatable bonds is 9. The number of hydrogen-bond acceptors (Lipinski definition) is 4. The van der Waals surface area contributed by atoms with Gasteiger partial charge < -0.3 is 9.90 Å². The van der Waals surface area contributed by atoms with E-state index in [0.29, 0.717) is 36.9 Å². The number of halogens is 6. The third kappa shape index (κ3) is 8.70. The summed E-state index contributed by atoms with van der Waals surface area (Å²) in [5.74, 6) is -1.41. The van der Waals surface area contributed by atoms with Crippen LogP contribution in [0.1, 0.15) is 86.3 Å². The zero-order valence-corrected chi connectivity index (χ0v) is 22.9. The smallest absolute Gasteiger partial charge is 0.550 e. The summed E-state index contributed by atoms with van der Waals surface area (Å²) in [4.78, 5) is 16.9. The number of unbranched alkanes of at least 4 members (excludes halogenated alkanes) is 2. The van der Waals surface area contributed by atoms with Gasteiger partial charge in [0.1, 0.15) is 5.69 Å². The van der Waals surface area contributed by atoms with E-state index in [4.69, 9.17) is 0 Å². The number of carbonyl (C=O) groups is 1. The van der Waals surface area contributed by atoms with Crippen molar-refractivity contribution in [3.05, 3.63) is 65.0 Å². The Bertz CT molecular complexity index is 996. The molecule has 198 valence electrons. The van der Waals surface area contributed by atoms with Crippen LogP contribution in [0.15, 0.2) is 42.6 Å². The van der Waals surface area contributed by atoms with Crippen molar-refractivity contribution in [3.63, 3.8) is 0 Å². The molecule has 0 N–H and O–H groups in total. The average molecular weight is 539 g/mol. The van der Waals surface area contributed by atoms with Gasteiger partial charge in [-0.15, -0.1) is 0 Å². The molecule has 3 rings (SSSR count). The Kier molecular flexibility index (Phi) is 11.5. The van der Waals surface area contributed by atoms with Gasteiger partial charge in [0.15, 0.2) is 0 Å². The number of pyridine rings is 1. The zero-order chi connectivity index (χ0) is 26.5. The molecule has 37 heavy (non-hydrogen) atoms. The van der Waals surface area contributed by atoms with Crippen molar-refractivity contribution in [1.29, 1.82) is 0 Å². The van der Waals surface area contributed by atoms with E-state index in [1.165, 1.54) is 24.4 Å². The van der Waals surface area contributed by atoms with Crippen molar-refractivity contribution in [2.45, 2.75) is 76.3 Å². The first kappa shape index (κ1) is 31.6. The Morgan fingerprint density at radius 3 is 2.24 bits per heavy atom. The minimum atomic E-state index is -4.57. The van der Waals surface area contributed by atoms with Gasteiger partial charge in [-0.05, 0) is 67.5 Å². The summed E-state index contributed by atoms with van der Waals surface area (Å²) in [7, 11) is 0. The van der Waals surface area contributed by atoms with Crippen molar-refractivity contribution in [3.8, 4) is 0 Å². The number of carboxylic acid groups (broad SMARTS) is 1. The summed E-state index contributed by atoms with van der Waals surface area (Å²) in [6, 6.07) is 6.43. The van der Waals surface area contributed by atoms with E-state index in [2.05, 4.69) is 9.88 Å². The molecule has 11 heteroatoms. The van der Waals surface area contributed by atoms with Gasteiger partial charge in [0, 0.05) is 24.2 Å². The van der Waals surface area contributed by atoms with Crippen LogP contribution in [0.25, 0.3) is 0 Å². The van der Waals surface area contributed by atoms with Crippen molar-refractivity contribution in [2.75, 3.05) is 6.54 Å². The van der Waals surface area contributed by atoms with Crippen LogP contribution in [0.4, 0.5) is 26.3 Å². The van der Waals surface area contributed by atoms with Crippen LogP contribution < -0.4 is 34.7 Å². The molecule has 1 saturated heterocycles. The van der Waals surface area contributed by atoms with Crippen LogP contribution in [0.2, 0.25) is 0 Å². The van der Waals surface area contributed by atoms with Crippen LogP contribution in [0.3, 0.4) is 0 Å². The molecular formula is C26H29F6N2NaO2. The molecule has 1 aromatic carbocycles. The topological polar surface area (TPSA) is 56.3 Å². The number of aliphatic carboxylic acids is 1. The average Bonchev–Trinajstić information content (AvgIpc) is 2.81. The summed E-state index contributed by atoms with van der Waals surface area (Å²) >= 11 is 0. The number of carbonyl (C=O) groups excluding carboxylic acids is 1. The first-order valence-corrected chi connectivity index (χ1v) is 12.1. The van der Waals surface area contributed by atoms with Crippen molar-refractivity contribution >= 4 is 5.97 Å². The van der Waals surface area contributed by atoms with Crippen LogP contribution in [0, 0.1) is 5.92 Å². The second-order valence-corrected chi connectivity index (χ2v) is 9.33. The summed E-state index contributed by atoms with van der Waals surface area (Å²) in [6.45, 7) is 2.48. The van der Waals surface area contributed by atoms with Crippen LogP contribution >= 0.6 is 0 Å². The number of aromatic nitrogens is 1. The van der Waals surface area contributed by atoms with E-state index in [9.17, 15) is 36.2 Å². The van der Waals surface area contributed by atoms with Crippen molar-refractivity contribution in [2.24, 2.45) is 5.92 Å². The second-order valence-electron chi connectivity index (χ2n) is 9.33. The Hall–Kier alpha value is -1.62. The third-order valence-electron chi connectivity index (χ3n) is 6.77. The van der Waals surface area contributed by atoms with Gasteiger partial charge in [-0.1, -0.05) is 44.4 Å². The summed E-state index contributed by atoms with van der Waals surface area (Å²) in [5.41, 5.74) is -0.586. The number of alkyl halides is 6. The molecule has 1 aromatic heterocycles. The summed E-state index contributed by atoms with van der Waals surface area (Å²) in [6.07, 6.45) is -3.79. The minimum Gasteiger partial charge on any atom is -0.550 e. The third-order valence-corrected chi connectivity index (χ3v) is 6.77. The fraction of sp³-hybridized carbons (Fsp3) is 0.538. The maximum absolute atomic E-state index is 13.1. The van der Waals surface area contributed by atoms with Gasteiger partial charge in [-0.25, -0.2) is 0 Å². The van der Waals surface area contributed by atoms with E-state index in [0.717, 1.165) is 37.5 Å². The van der Waals surface area contributed by atoms with Gasteiger partial charge in [0.05, 0.1) is 5.56 Å². The molecule has 3 atom stereocenters. The predicted octanol–water partition coefficient (Wildman–Crippen LogP) is 3.34. The number of nitrogens with zero attached hydrogens (tertiary/aromatic N) is 2. The Morgan fingerprint density at radius 2 is 1.73 bits per heavy atom. The second kappa shape index (κ2) is 13.4. The summed E-state index contributed by atoms with van der Waals surface area (Å²) in [5, 5.41) is 11.2. The molecule has 0 saturated carbocycles. The fourth-order valence-electron chi connectivity index (χ4n) is 4.95. The molecule has 0 unspecified atom stereocenters. The predicted molar refractivity (Wildman–Crippen MR) is 119 cm³/mol. The van der Waals surface area contributed by atoms with Gasteiger partial charge in [0.2, 0.25) is 0 Å². The number of hydrogen-bond donors (Lipinski definition) is 0. The SMILES string of the molecule is CCCCC[C@H](c1ccc(C(F)(F)F)nc1)N1CC[C@@H](CC(=O)[O-])C[C@H]1c1ccc(C(F)(F)F)cc1.[Na+]. The monoisotopic (exact) mass is 538 g/mol. The van der Waals surface area contributed by atoms with Crippen molar-refractivity contribution < 1.29 is 65.8 Å². The summed E-state index contributed by atoms with van der Waals surface area (Å²) < 4.78 is 78.5. The Morgan fingerprint density at radius 1 is 1.05 bits per heavy atom. The molecular weight excluding hydrogens is 509 g/mol. The first-order chi connectivity index (χ1) is 16.9. The van der Waals surface area contributed by atoms with E-state index < -0.39 is 35.6 Å². The number of piperidine rings is 1. The van der Waals surface area contributed by atoms with Crippen LogP contribution in [0.5, 0.6) is 0 Å². The molecule has 1 fully saturated rings. The van der Waals surface area contributed by atoms with E-state index in [-0.39, 0.29) is 47.9 Å². The van der Waals surface area contributed by atoms with Crippen LogP contribution in [-0.4, -0.2) is 22.4 Å². The molecule has 2 aromatic rings. The minimum absolute atomic E-state index is 0. The van der Waals surface area contributed by atoms with Gasteiger partial charge in [0.25, 0.3) is 0 Å². The van der Waals surface area contributed by atoms with E-state index in [1.54, 1.807) is 0 Å². The molecule has 0 radical (unpaired) electrons. The maximum Gasteiger partial charge on any atom is 1.00 e. The number of carboxylic acids is 1. The quantitative estimate of drug-likeness (QED) is 0.279. The molecule has 0 amide bonds. The Labute approximate surface area is 234 Å². The van der Waals surface area contributed by atoms with Gasteiger partial charge in [-0.2, -0.15) is 26.3 Å². The largest absolute Gasteiger partial charge is 1.00 e. The van der Waals surface area contributed by atoms with E-state index in [1.807, 2.05) is 6.92 Å². The number of likely N-dealkylation sites (tertiary alicyclic amines) is 1. The molecule has 0 aliphatic carbocycles. The zero-order valence-electron chi connectivity index (χ0n) is 20.9. The standard InChI is InChI=1S/C26H30F6N2O2.Na/c1-2-3-4-5-21(19-8-11-23(33-16-19)26(30,31)32)34-13-12-17(15-24(35)36)14-22(34)18-6-9-20(10-7-18)25(27,28)29;/h6-11,16-17,21-22H,2-5,12-15H2,1H3,(H,35,36);/q;+1/p-1/t17-,21-,22+;/m1./s1. The molecule has 2 heterocycles. The Balaban J connectivity index is 0.00000481. The van der Waals surface area contributed by atoms with Crippen molar-refractivity contribution in [1.82, 2.24) is 9.88 Å². The molecule has 0 spiro atoms. The van der Waals surface area contributed by atoms with E-state index >= 15 is 0 Å². The molecule has 1 aliphatic heterocycles. The normalized spacial score (nSPS) is 19.8. The maximum atomic E-state index is 13.1. The molecule has 0 bridgehead atoms. The van der Waals surface area contributed by atoms with Gasteiger partial charge >= 0.3 is 41.9 Å². The number of benzene rings is 1. The van der Waals surface area contributed by atoms with Crippen LogP contribution in [-0.2, 0) is 17.1 Å². The molecule has 4 nitrogen and oxygen atoms in total. The molecule has 1 aliphatic rings.